The van der Waals surface area contributed by atoms with Crippen molar-refractivity contribution >= 4 is 17.2 Å². The second-order valence-electron chi connectivity index (χ2n) is 6.37. The predicted molar refractivity (Wildman–Crippen MR) is 88.4 cm³/mol. The van der Waals surface area contributed by atoms with Crippen molar-refractivity contribution in [1.82, 2.24) is 25.0 Å². The molecular formula is C16H21N5OS. The topological polar surface area (TPSA) is 63.1 Å². The minimum Gasteiger partial charge on any atom is -0.348 e. The van der Waals surface area contributed by atoms with E-state index in [-0.39, 0.29) is 11.9 Å². The number of hydrogen-bond acceptors (Lipinski definition) is 5. The Kier molecular flexibility index (Phi) is 4.13. The molecule has 0 saturated heterocycles. The van der Waals surface area contributed by atoms with Crippen LogP contribution in [0.5, 0.6) is 0 Å². The van der Waals surface area contributed by atoms with Crippen molar-refractivity contribution < 1.29 is 4.79 Å². The fourth-order valence-corrected chi connectivity index (χ4v) is 4.27. The highest BCUT2D eigenvalue weighted by atomic mass is 32.1. The van der Waals surface area contributed by atoms with Gasteiger partial charge in [0, 0.05) is 37.3 Å². The van der Waals surface area contributed by atoms with Gasteiger partial charge in [0.1, 0.15) is 5.69 Å². The van der Waals surface area contributed by atoms with Crippen LogP contribution in [0, 0.1) is 0 Å². The third kappa shape index (κ3) is 3.03. The van der Waals surface area contributed by atoms with Gasteiger partial charge in [-0.3, -0.25) is 14.4 Å². The first kappa shape index (κ1) is 14.8. The monoisotopic (exact) mass is 331 g/mol. The molecule has 1 unspecified atom stereocenters. The number of nitrogens with zero attached hydrogens (tertiary/aromatic N) is 4. The van der Waals surface area contributed by atoms with Crippen LogP contribution in [-0.4, -0.2) is 44.7 Å². The molecule has 7 heteroatoms. The third-order valence-corrected chi connectivity index (χ3v) is 5.50. The van der Waals surface area contributed by atoms with E-state index >= 15 is 0 Å². The first-order valence-corrected chi connectivity index (χ1v) is 9.18. The number of aromatic nitrogens is 3. The molecular weight excluding hydrogens is 310 g/mol. The van der Waals surface area contributed by atoms with Crippen LogP contribution in [0.3, 0.4) is 0 Å². The maximum Gasteiger partial charge on any atom is 0.270 e. The lowest BCUT2D eigenvalue weighted by molar-refractivity contribution is 0.0911. The van der Waals surface area contributed by atoms with Gasteiger partial charge in [-0.1, -0.05) is 12.8 Å². The van der Waals surface area contributed by atoms with E-state index in [0.717, 1.165) is 13.1 Å². The number of amides is 1. The molecule has 1 aliphatic carbocycles. The van der Waals surface area contributed by atoms with E-state index in [1.54, 1.807) is 10.9 Å². The summed E-state index contributed by atoms with van der Waals surface area (Å²) in [6.07, 6.45) is 7.14. The summed E-state index contributed by atoms with van der Waals surface area (Å²) in [7, 11) is 0. The molecule has 23 heavy (non-hydrogen) atoms. The lowest BCUT2D eigenvalue weighted by Gasteiger charge is -2.37. The van der Waals surface area contributed by atoms with E-state index in [2.05, 4.69) is 31.0 Å². The molecule has 0 aromatic carbocycles. The Hall–Kier alpha value is -1.73. The van der Waals surface area contributed by atoms with Crippen molar-refractivity contribution in [3.8, 4) is 0 Å². The van der Waals surface area contributed by atoms with Crippen LogP contribution in [0.15, 0.2) is 23.2 Å². The number of nitrogens with one attached hydrogen (secondary N) is 1. The minimum absolute atomic E-state index is 0.0991. The number of fused-ring (bicyclic) bond motifs is 1. The van der Waals surface area contributed by atoms with E-state index in [9.17, 15) is 4.79 Å². The van der Waals surface area contributed by atoms with E-state index in [1.807, 2.05) is 6.20 Å². The van der Waals surface area contributed by atoms with Crippen molar-refractivity contribution in [3.63, 3.8) is 0 Å². The molecule has 0 radical (unpaired) electrons. The lowest BCUT2D eigenvalue weighted by Crippen LogP contribution is -2.46. The van der Waals surface area contributed by atoms with E-state index < -0.39 is 0 Å². The first-order valence-electron chi connectivity index (χ1n) is 8.24. The molecule has 1 N–H and O–H groups in total. The smallest absolute Gasteiger partial charge is 0.270 e. The molecule has 1 fully saturated rings. The van der Waals surface area contributed by atoms with Crippen molar-refractivity contribution in [2.24, 2.45) is 0 Å². The van der Waals surface area contributed by atoms with Gasteiger partial charge in [0.05, 0.1) is 17.2 Å². The van der Waals surface area contributed by atoms with Crippen LogP contribution in [0.4, 0.5) is 0 Å². The Morgan fingerprint density at radius 1 is 1.39 bits per heavy atom. The molecule has 3 heterocycles. The Morgan fingerprint density at radius 2 is 2.26 bits per heavy atom. The summed E-state index contributed by atoms with van der Waals surface area (Å²) < 4.78 is 2.08. The van der Waals surface area contributed by atoms with Crippen LogP contribution >= 0.6 is 11.3 Å². The minimum atomic E-state index is -0.0991. The molecule has 1 saturated carbocycles. The van der Waals surface area contributed by atoms with Gasteiger partial charge >= 0.3 is 0 Å². The van der Waals surface area contributed by atoms with Gasteiger partial charge in [0.2, 0.25) is 0 Å². The zero-order valence-electron chi connectivity index (χ0n) is 13.0. The third-order valence-electron chi connectivity index (χ3n) is 4.91. The lowest BCUT2D eigenvalue weighted by atomic mass is 10.1. The highest BCUT2D eigenvalue weighted by Gasteiger charge is 2.31. The molecule has 0 spiro atoms. The SMILES string of the molecule is O=C(NCC1CN(C2CCCC2)Cc2ccnn21)c1cscn1. The summed E-state index contributed by atoms with van der Waals surface area (Å²) in [5, 5.41) is 9.26. The Morgan fingerprint density at radius 3 is 3.04 bits per heavy atom. The van der Waals surface area contributed by atoms with E-state index in [0.29, 0.717) is 18.3 Å². The Bertz CT molecular complexity index is 662. The highest BCUT2D eigenvalue weighted by molar-refractivity contribution is 7.07. The van der Waals surface area contributed by atoms with Gasteiger partial charge in [-0.05, 0) is 18.9 Å². The molecule has 2 aromatic heterocycles. The van der Waals surface area contributed by atoms with E-state index in [1.165, 1.54) is 42.7 Å². The predicted octanol–water partition coefficient (Wildman–Crippen LogP) is 2.07. The number of thiazole rings is 1. The molecule has 2 aliphatic rings. The molecule has 1 amide bonds. The molecule has 6 nitrogen and oxygen atoms in total. The molecule has 122 valence electrons. The zero-order valence-corrected chi connectivity index (χ0v) is 13.8. The summed E-state index contributed by atoms with van der Waals surface area (Å²) >= 11 is 1.44. The van der Waals surface area contributed by atoms with Crippen molar-refractivity contribution in [3.05, 3.63) is 34.5 Å². The summed E-state index contributed by atoms with van der Waals surface area (Å²) in [6, 6.07) is 2.98. The number of rotatable bonds is 4. The average molecular weight is 331 g/mol. The second-order valence-corrected chi connectivity index (χ2v) is 7.09. The number of carbonyl (C=O) groups excluding carboxylic acids is 1. The normalized spacial score (nSPS) is 22.2. The van der Waals surface area contributed by atoms with E-state index in [4.69, 9.17) is 0 Å². The van der Waals surface area contributed by atoms with Crippen molar-refractivity contribution in [2.45, 2.75) is 44.3 Å². The fourth-order valence-electron chi connectivity index (χ4n) is 3.74. The quantitative estimate of drug-likeness (QED) is 0.931. The summed E-state index contributed by atoms with van der Waals surface area (Å²) in [6.45, 7) is 2.52. The molecule has 4 rings (SSSR count). The van der Waals surface area contributed by atoms with Crippen LogP contribution < -0.4 is 5.32 Å². The van der Waals surface area contributed by atoms with Crippen molar-refractivity contribution in [2.75, 3.05) is 13.1 Å². The van der Waals surface area contributed by atoms with Crippen LogP contribution in [0.2, 0.25) is 0 Å². The number of hydrogen-bond donors (Lipinski definition) is 1. The Labute approximate surface area is 139 Å². The van der Waals surface area contributed by atoms with Gasteiger partial charge in [-0.2, -0.15) is 5.10 Å². The van der Waals surface area contributed by atoms with Gasteiger partial charge in [-0.25, -0.2) is 4.98 Å². The summed E-state index contributed by atoms with van der Waals surface area (Å²) in [5.74, 6) is -0.0991. The van der Waals surface area contributed by atoms with Gasteiger partial charge < -0.3 is 5.32 Å². The second kappa shape index (κ2) is 6.41. The highest BCUT2D eigenvalue weighted by Crippen LogP contribution is 2.29. The van der Waals surface area contributed by atoms with Crippen LogP contribution in [0.1, 0.15) is 47.9 Å². The maximum absolute atomic E-state index is 12.1. The first-order chi connectivity index (χ1) is 11.3. The largest absolute Gasteiger partial charge is 0.348 e. The molecule has 2 aromatic rings. The molecule has 0 bridgehead atoms. The van der Waals surface area contributed by atoms with Crippen LogP contribution in [0.25, 0.3) is 0 Å². The van der Waals surface area contributed by atoms with Gasteiger partial charge in [0.15, 0.2) is 0 Å². The standard InChI is InChI=1S/C16H21N5OS/c22-16(15-10-23-11-18-15)17-7-14-9-20(12-3-1-2-4-12)8-13-5-6-19-21(13)14/h5-6,10-12,14H,1-4,7-9H2,(H,17,22). The van der Waals surface area contributed by atoms with Gasteiger partial charge in [-0.15, -0.1) is 11.3 Å². The van der Waals surface area contributed by atoms with Gasteiger partial charge in [0.25, 0.3) is 5.91 Å². The van der Waals surface area contributed by atoms with Crippen molar-refractivity contribution in [1.29, 1.82) is 0 Å². The fraction of sp³-hybridized carbons (Fsp3) is 0.562. The summed E-state index contributed by atoms with van der Waals surface area (Å²) in [4.78, 5) is 18.8. The molecule has 1 aliphatic heterocycles. The number of carbonyl (C=O) groups is 1. The average Bonchev–Trinajstić information content (AvgIpc) is 3.33. The zero-order chi connectivity index (χ0) is 15.6. The summed E-state index contributed by atoms with van der Waals surface area (Å²) in [5.41, 5.74) is 3.43. The molecule has 1 atom stereocenters. The maximum atomic E-state index is 12.1. The Balaban J connectivity index is 1.45. The van der Waals surface area contributed by atoms with Crippen LogP contribution in [-0.2, 0) is 6.54 Å².